The first kappa shape index (κ1) is 15.6. The Bertz CT molecular complexity index is 654. The summed E-state index contributed by atoms with van der Waals surface area (Å²) in [5, 5.41) is 9.28. The molecule has 0 aliphatic carbocycles. The molecule has 22 heavy (non-hydrogen) atoms. The molecule has 114 valence electrons. The highest BCUT2D eigenvalue weighted by Gasteiger charge is 2.10. The monoisotopic (exact) mass is 298 g/mol. The molecule has 0 fully saturated rings. The maximum absolute atomic E-state index is 11.3. The molecular formula is C18H18O4. The molecular weight excluding hydrogens is 280 g/mol. The Kier molecular flexibility index (Phi) is 5.20. The van der Waals surface area contributed by atoms with Crippen LogP contribution in [0, 0.1) is 0 Å². The van der Waals surface area contributed by atoms with Crippen molar-refractivity contribution in [1.82, 2.24) is 0 Å². The quantitative estimate of drug-likeness (QED) is 0.651. The molecule has 0 atom stereocenters. The first-order chi connectivity index (χ1) is 10.6. The Balaban J connectivity index is 2.20. The molecule has 0 aromatic heterocycles. The average molecular weight is 298 g/mol. The van der Waals surface area contributed by atoms with E-state index in [1.54, 1.807) is 31.4 Å². The van der Waals surface area contributed by atoms with E-state index in [1.807, 2.05) is 24.3 Å². The molecule has 0 amide bonds. The zero-order chi connectivity index (χ0) is 15.9. The van der Waals surface area contributed by atoms with Gasteiger partial charge < -0.3 is 14.6 Å². The van der Waals surface area contributed by atoms with Gasteiger partial charge in [-0.25, -0.2) is 4.79 Å². The Morgan fingerprint density at radius 1 is 1.05 bits per heavy atom. The molecule has 4 heteroatoms. The van der Waals surface area contributed by atoms with Crippen LogP contribution in [0.1, 0.15) is 18.1 Å². The number of benzene rings is 2. The molecule has 0 unspecified atom stereocenters. The smallest absolute Gasteiger partial charge is 0.371 e. The standard InChI is InChI=1S/C18H18O4/c1-3-13-4-6-14(7-5-13)12-17(18(19)20)22-16-10-8-15(21-2)9-11-16/h4-12H,3H2,1-2H3,(H,19,20). The summed E-state index contributed by atoms with van der Waals surface area (Å²) >= 11 is 0. The van der Waals surface area contributed by atoms with Crippen LogP contribution in [0.3, 0.4) is 0 Å². The topological polar surface area (TPSA) is 55.8 Å². The van der Waals surface area contributed by atoms with Crippen LogP contribution >= 0.6 is 0 Å². The second kappa shape index (κ2) is 7.31. The first-order valence-corrected chi connectivity index (χ1v) is 6.98. The van der Waals surface area contributed by atoms with Gasteiger partial charge in [0.2, 0.25) is 5.76 Å². The van der Waals surface area contributed by atoms with Gasteiger partial charge in [-0.05, 0) is 47.9 Å². The van der Waals surface area contributed by atoms with E-state index in [0.717, 1.165) is 12.0 Å². The van der Waals surface area contributed by atoms with Gasteiger partial charge in [0.15, 0.2) is 0 Å². The minimum atomic E-state index is -1.12. The Morgan fingerprint density at radius 3 is 2.14 bits per heavy atom. The van der Waals surface area contributed by atoms with Crippen molar-refractivity contribution in [3.63, 3.8) is 0 Å². The van der Waals surface area contributed by atoms with E-state index in [-0.39, 0.29) is 5.76 Å². The van der Waals surface area contributed by atoms with Gasteiger partial charge in [-0.2, -0.15) is 0 Å². The van der Waals surface area contributed by atoms with Crippen molar-refractivity contribution < 1.29 is 19.4 Å². The molecule has 0 aliphatic rings. The number of aliphatic carboxylic acids is 1. The molecule has 4 nitrogen and oxygen atoms in total. The third-order valence-corrected chi connectivity index (χ3v) is 3.18. The van der Waals surface area contributed by atoms with E-state index < -0.39 is 5.97 Å². The number of hydrogen-bond donors (Lipinski definition) is 1. The van der Waals surface area contributed by atoms with Crippen LogP contribution in [0.4, 0.5) is 0 Å². The van der Waals surface area contributed by atoms with Crippen LogP contribution in [0.15, 0.2) is 54.3 Å². The number of aryl methyl sites for hydroxylation is 1. The van der Waals surface area contributed by atoms with Gasteiger partial charge in [-0.15, -0.1) is 0 Å². The Morgan fingerprint density at radius 2 is 1.64 bits per heavy atom. The van der Waals surface area contributed by atoms with Crippen molar-refractivity contribution in [2.75, 3.05) is 7.11 Å². The first-order valence-electron chi connectivity index (χ1n) is 6.98. The number of rotatable bonds is 6. The molecule has 0 heterocycles. The lowest BCUT2D eigenvalue weighted by Gasteiger charge is -2.07. The van der Waals surface area contributed by atoms with Gasteiger partial charge in [0.05, 0.1) is 7.11 Å². The third kappa shape index (κ3) is 4.12. The van der Waals surface area contributed by atoms with Crippen LogP contribution in [0.2, 0.25) is 0 Å². The summed E-state index contributed by atoms with van der Waals surface area (Å²) in [6.45, 7) is 2.07. The molecule has 0 saturated carbocycles. The van der Waals surface area contributed by atoms with E-state index in [1.165, 1.54) is 11.6 Å². The summed E-state index contributed by atoms with van der Waals surface area (Å²) in [5.74, 6) is -0.118. The van der Waals surface area contributed by atoms with Crippen molar-refractivity contribution in [2.45, 2.75) is 13.3 Å². The molecule has 2 aromatic rings. The fraction of sp³-hybridized carbons (Fsp3) is 0.167. The molecule has 1 N–H and O–H groups in total. The van der Waals surface area contributed by atoms with Crippen molar-refractivity contribution in [1.29, 1.82) is 0 Å². The highest BCUT2D eigenvalue weighted by molar-refractivity contribution is 5.90. The Hall–Kier alpha value is -2.75. The minimum absolute atomic E-state index is 0.130. The SMILES string of the molecule is CCc1ccc(C=C(Oc2ccc(OC)cc2)C(=O)O)cc1. The second-order valence-corrected chi connectivity index (χ2v) is 4.69. The summed E-state index contributed by atoms with van der Waals surface area (Å²) in [6, 6.07) is 14.4. The summed E-state index contributed by atoms with van der Waals surface area (Å²) in [5.41, 5.74) is 1.98. The maximum atomic E-state index is 11.3. The maximum Gasteiger partial charge on any atom is 0.371 e. The van der Waals surface area contributed by atoms with Crippen molar-refractivity contribution in [3.05, 3.63) is 65.4 Å². The molecule has 2 rings (SSSR count). The number of methoxy groups -OCH3 is 1. The number of hydrogen-bond acceptors (Lipinski definition) is 3. The van der Waals surface area contributed by atoms with E-state index >= 15 is 0 Å². The third-order valence-electron chi connectivity index (χ3n) is 3.18. The zero-order valence-corrected chi connectivity index (χ0v) is 12.6. The average Bonchev–Trinajstić information content (AvgIpc) is 2.55. The van der Waals surface area contributed by atoms with Crippen molar-refractivity contribution in [2.24, 2.45) is 0 Å². The number of ether oxygens (including phenoxy) is 2. The summed E-state index contributed by atoms with van der Waals surface area (Å²) in [7, 11) is 1.57. The van der Waals surface area contributed by atoms with Gasteiger partial charge in [-0.1, -0.05) is 31.2 Å². The van der Waals surface area contributed by atoms with Gasteiger partial charge in [0.1, 0.15) is 11.5 Å². The van der Waals surface area contributed by atoms with E-state index in [2.05, 4.69) is 6.92 Å². The summed E-state index contributed by atoms with van der Waals surface area (Å²) in [4.78, 5) is 11.3. The fourth-order valence-corrected chi connectivity index (χ4v) is 1.91. The van der Waals surface area contributed by atoms with E-state index in [4.69, 9.17) is 9.47 Å². The summed E-state index contributed by atoms with van der Waals surface area (Å²) < 4.78 is 10.5. The molecule has 0 aliphatic heterocycles. The predicted molar refractivity (Wildman–Crippen MR) is 85.1 cm³/mol. The molecule has 0 radical (unpaired) electrons. The highest BCUT2D eigenvalue weighted by Crippen LogP contribution is 2.20. The van der Waals surface area contributed by atoms with Crippen LogP contribution < -0.4 is 9.47 Å². The largest absolute Gasteiger partial charge is 0.497 e. The predicted octanol–water partition coefficient (Wildman–Crippen LogP) is 3.76. The molecule has 0 saturated heterocycles. The summed E-state index contributed by atoms with van der Waals surface area (Å²) in [6.07, 6.45) is 2.45. The normalized spacial score (nSPS) is 11.1. The van der Waals surface area contributed by atoms with Crippen LogP contribution in [0.25, 0.3) is 6.08 Å². The zero-order valence-electron chi connectivity index (χ0n) is 12.6. The van der Waals surface area contributed by atoms with Gasteiger partial charge in [0.25, 0.3) is 0 Å². The minimum Gasteiger partial charge on any atom is -0.497 e. The van der Waals surface area contributed by atoms with Crippen LogP contribution in [0.5, 0.6) is 11.5 Å². The second-order valence-electron chi connectivity index (χ2n) is 4.69. The lowest BCUT2D eigenvalue weighted by atomic mass is 10.1. The number of carboxylic acid groups (broad SMARTS) is 1. The highest BCUT2D eigenvalue weighted by atomic mass is 16.5. The number of carbonyl (C=O) groups is 1. The lowest BCUT2D eigenvalue weighted by molar-refractivity contribution is -0.134. The lowest BCUT2D eigenvalue weighted by Crippen LogP contribution is -2.07. The van der Waals surface area contributed by atoms with Crippen LogP contribution in [-0.4, -0.2) is 18.2 Å². The van der Waals surface area contributed by atoms with Gasteiger partial charge in [0, 0.05) is 0 Å². The number of carboxylic acids is 1. The Labute approximate surface area is 129 Å². The van der Waals surface area contributed by atoms with Gasteiger partial charge >= 0.3 is 5.97 Å². The molecule has 0 bridgehead atoms. The fourth-order valence-electron chi connectivity index (χ4n) is 1.91. The molecule has 2 aromatic carbocycles. The van der Waals surface area contributed by atoms with Gasteiger partial charge in [-0.3, -0.25) is 0 Å². The van der Waals surface area contributed by atoms with Crippen LogP contribution in [-0.2, 0) is 11.2 Å². The van der Waals surface area contributed by atoms with Crippen molar-refractivity contribution >= 4 is 12.0 Å². The van der Waals surface area contributed by atoms with E-state index in [9.17, 15) is 9.90 Å². The molecule has 0 spiro atoms. The van der Waals surface area contributed by atoms with E-state index in [0.29, 0.717) is 11.5 Å². The van der Waals surface area contributed by atoms with Crippen molar-refractivity contribution in [3.8, 4) is 11.5 Å².